The van der Waals surface area contributed by atoms with E-state index >= 15 is 0 Å². The number of hydrogen-bond acceptors (Lipinski definition) is 7. The molecule has 166 valence electrons. The summed E-state index contributed by atoms with van der Waals surface area (Å²) in [5.41, 5.74) is 1.17. The van der Waals surface area contributed by atoms with Crippen molar-refractivity contribution in [1.82, 2.24) is 4.90 Å². The summed E-state index contributed by atoms with van der Waals surface area (Å²) in [6.07, 6.45) is 4.95. The fraction of sp³-hybridized carbons (Fsp3) is 0.636. The van der Waals surface area contributed by atoms with Crippen LogP contribution in [0.5, 0.6) is 11.5 Å². The number of benzene rings is 1. The Balaban J connectivity index is 1.61. The van der Waals surface area contributed by atoms with E-state index in [9.17, 15) is 4.57 Å². The molecule has 3 aliphatic rings. The minimum atomic E-state index is -3.59. The molecule has 4 unspecified atom stereocenters. The van der Waals surface area contributed by atoms with Gasteiger partial charge in [-0.05, 0) is 64.1 Å². The third kappa shape index (κ3) is 3.89. The molecule has 4 atom stereocenters. The van der Waals surface area contributed by atoms with Crippen molar-refractivity contribution in [2.24, 2.45) is 0 Å². The second-order valence-electron chi connectivity index (χ2n) is 8.66. The second-order valence-corrected chi connectivity index (χ2v) is 10.2. The van der Waals surface area contributed by atoms with E-state index in [1.807, 2.05) is 19.9 Å². The number of ether oxygens (including phenoxy) is 2. The molecule has 2 heterocycles. The van der Waals surface area contributed by atoms with Crippen molar-refractivity contribution in [3.8, 4) is 11.5 Å². The SMILES string of the molecule is COc1ccc(C23CC=C(OP4(=O)OC(C)CC(C)O4)CC2N(C)CC3)cc1OC. The van der Waals surface area contributed by atoms with Crippen molar-refractivity contribution in [2.45, 2.75) is 63.2 Å². The molecule has 0 amide bonds. The molecule has 2 aliphatic heterocycles. The van der Waals surface area contributed by atoms with Gasteiger partial charge in [-0.25, -0.2) is 4.57 Å². The number of likely N-dealkylation sites (tertiary alicyclic amines) is 1. The average Bonchev–Trinajstić information content (AvgIpc) is 3.03. The predicted octanol–water partition coefficient (Wildman–Crippen LogP) is 4.66. The lowest BCUT2D eigenvalue weighted by molar-refractivity contribution is 0.00944. The Hall–Kier alpha value is -1.53. The third-order valence-corrected chi connectivity index (χ3v) is 8.33. The fourth-order valence-corrected chi connectivity index (χ4v) is 6.79. The van der Waals surface area contributed by atoms with Gasteiger partial charge in [0.25, 0.3) is 0 Å². The van der Waals surface area contributed by atoms with Gasteiger partial charge in [0.15, 0.2) is 11.5 Å². The van der Waals surface area contributed by atoms with Crippen molar-refractivity contribution in [2.75, 3.05) is 27.8 Å². The van der Waals surface area contributed by atoms with E-state index in [1.165, 1.54) is 5.56 Å². The van der Waals surface area contributed by atoms with Gasteiger partial charge in [0.1, 0.15) is 5.76 Å². The first-order valence-corrected chi connectivity index (χ1v) is 12.0. The molecule has 2 saturated heterocycles. The van der Waals surface area contributed by atoms with Gasteiger partial charge in [0.2, 0.25) is 0 Å². The molecule has 7 nitrogen and oxygen atoms in total. The van der Waals surface area contributed by atoms with Crippen LogP contribution >= 0.6 is 7.82 Å². The number of phosphoric acid groups is 1. The number of hydrogen-bond donors (Lipinski definition) is 0. The Bertz CT molecular complexity index is 859. The first-order valence-electron chi connectivity index (χ1n) is 10.6. The number of nitrogens with zero attached hydrogens (tertiary/aromatic N) is 1. The number of methoxy groups -OCH3 is 2. The first kappa shape index (κ1) is 21.7. The predicted molar refractivity (Wildman–Crippen MR) is 114 cm³/mol. The maximum absolute atomic E-state index is 13.0. The molecule has 0 aromatic heterocycles. The highest BCUT2D eigenvalue weighted by atomic mass is 31.2. The lowest BCUT2D eigenvalue weighted by Gasteiger charge is -2.41. The Morgan fingerprint density at radius 2 is 1.83 bits per heavy atom. The van der Waals surface area contributed by atoms with Crippen molar-refractivity contribution < 1.29 is 27.6 Å². The van der Waals surface area contributed by atoms with Crippen molar-refractivity contribution in [3.63, 3.8) is 0 Å². The minimum Gasteiger partial charge on any atom is -0.493 e. The van der Waals surface area contributed by atoms with Gasteiger partial charge >= 0.3 is 7.82 Å². The summed E-state index contributed by atoms with van der Waals surface area (Å²) in [5.74, 6) is 2.15. The van der Waals surface area contributed by atoms with E-state index in [0.29, 0.717) is 18.6 Å². The summed E-state index contributed by atoms with van der Waals surface area (Å²) in [4.78, 5) is 2.36. The van der Waals surface area contributed by atoms with Gasteiger partial charge in [-0.3, -0.25) is 9.05 Å². The number of phosphoric ester groups is 1. The fourth-order valence-electron chi connectivity index (χ4n) is 5.16. The van der Waals surface area contributed by atoms with Crippen molar-refractivity contribution in [1.29, 1.82) is 0 Å². The summed E-state index contributed by atoms with van der Waals surface area (Å²) < 4.78 is 41.0. The summed E-state index contributed by atoms with van der Waals surface area (Å²) in [5, 5.41) is 0. The number of fused-ring (bicyclic) bond motifs is 1. The van der Waals surface area contributed by atoms with E-state index in [-0.39, 0.29) is 23.7 Å². The molecule has 8 heteroatoms. The highest BCUT2D eigenvalue weighted by Crippen LogP contribution is 2.59. The topological polar surface area (TPSA) is 66.5 Å². The molecule has 1 aliphatic carbocycles. The van der Waals surface area contributed by atoms with Crippen LogP contribution in [0, 0.1) is 0 Å². The molecule has 0 saturated carbocycles. The standard InChI is InChI=1S/C22H32NO6P/c1-15-12-16(2)28-30(24,27-15)29-18-8-9-22(10-11-23(3)21(22)14-18)17-6-7-19(25-4)20(13-17)26-5/h6-8,13,15-16,21H,9-12,14H2,1-5H3. The quantitative estimate of drug-likeness (QED) is 0.621. The zero-order chi connectivity index (χ0) is 21.5. The van der Waals surface area contributed by atoms with E-state index in [1.54, 1.807) is 14.2 Å². The summed E-state index contributed by atoms with van der Waals surface area (Å²) in [6, 6.07) is 6.41. The van der Waals surface area contributed by atoms with Gasteiger partial charge in [0.05, 0.1) is 26.4 Å². The van der Waals surface area contributed by atoms with Crippen LogP contribution in [0.4, 0.5) is 0 Å². The van der Waals surface area contributed by atoms with E-state index in [4.69, 9.17) is 23.0 Å². The monoisotopic (exact) mass is 437 g/mol. The summed E-state index contributed by atoms with van der Waals surface area (Å²) >= 11 is 0. The lowest BCUT2D eigenvalue weighted by atomic mass is 9.68. The Kier molecular flexibility index (Phi) is 5.92. The zero-order valence-electron chi connectivity index (χ0n) is 18.4. The zero-order valence-corrected chi connectivity index (χ0v) is 19.3. The molecule has 1 aromatic carbocycles. The largest absolute Gasteiger partial charge is 0.530 e. The van der Waals surface area contributed by atoms with Crippen molar-refractivity contribution >= 4 is 7.82 Å². The molecular formula is C22H32NO6P. The van der Waals surface area contributed by atoms with Crippen LogP contribution in [0.15, 0.2) is 30.0 Å². The molecule has 0 spiro atoms. The Morgan fingerprint density at radius 1 is 1.13 bits per heavy atom. The summed E-state index contributed by atoms with van der Waals surface area (Å²) in [7, 11) is 1.85. The van der Waals surface area contributed by atoms with Gasteiger partial charge in [0, 0.05) is 24.3 Å². The van der Waals surface area contributed by atoms with Crippen LogP contribution < -0.4 is 9.47 Å². The lowest BCUT2D eigenvalue weighted by Crippen LogP contribution is -2.43. The van der Waals surface area contributed by atoms with Crippen LogP contribution in [0.2, 0.25) is 0 Å². The number of allylic oxidation sites excluding steroid dienone is 1. The molecule has 0 radical (unpaired) electrons. The summed E-state index contributed by atoms with van der Waals surface area (Å²) in [6.45, 7) is 4.78. The van der Waals surface area contributed by atoms with Crippen LogP contribution in [0.3, 0.4) is 0 Å². The minimum absolute atomic E-state index is 0.0511. The van der Waals surface area contributed by atoms with E-state index in [2.05, 4.69) is 30.2 Å². The van der Waals surface area contributed by atoms with Crippen molar-refractivity contribution in [3.05, 3.63) is 35.6 Å². The highest BCUT2D eigenvalue weighted by molar-refractivity contribution is 7.48. The Morgan fingerprint density at radius 3 is 2.50 bits per heavy atom. The average molecular weight is 437 g/mol. The van der Waals surface area contributed by atoms with E-state index < -0.39 is 7.82 Å². The highest BCUT2D eigenvalue weighted by Gasteiger charge is 2.50. The van der Waals surface area contributed by atoms with Gasteiger partial charge in [-0.1, -0.05) is 6.07 Å². The van der Waals surface area contributed by atoms with Gasteiger partial charge in [-0.2, -0.15) is 0 Å². The smallest absolute Gasteiger partial charge is 0.493 e. The molecule has 2 fully saturated rings. The second kappa shape index (κ2) is 8.19. The van der Waals surface area contributed by atoms with Crippen LogP contribution in [0.1, 0.15) is 45.1 Å². The molecular weight excluding hydrogens is 405 g/mol. The normalized spacial score (nSPS) is 36.7. The van der Waals surface area contributed by atoms with Crippen LogP contribution in [-0.2, 0) is 23.6 Å². The van der Waals surface area contributed by atoms with Crippen LogP contribution in [0.25, 0.3) is 0 Å². The third-order valence-electron chi connectivity index (χ3n) is 6.64. The molecule has 0 bridgehead atoms. The van der Waals surface area contributed by atoms with E-state index in [0.717, 1.165) is 30.9 Å². The number of rotatable bonds is 5. The maximum Gasteiger partial charge on any atom is 0.530 e. The van der Waals surface area contributed by atoms with Gasteiger partial charge < -0.3 is 18.9 Å². The molecule has 1 aromatic rings. The number of likely N-dealkylation sites (N-methyl/N-ethyl adjacent to an activating group) is 1. The first-order chi connectivity index (χ1) is 14.3. The van der Waals surface area contributed by atoms with Gasteiger partial charge in [-0.15, -0.1) is 0 Å². The molecule has 0 N–H and O–H groups in total. The molecule has 30 heavy (non-hydrogen) atoms. The van der Waals surface area contributed by atoms with Crippen LogP contribution in [-0.4, -0.2) is 51.0 Å². The Labute approximate surface area is 178 Å². The maximum atomic E-state index is 13.0. The molecule has 4 rings (SSSR count).